The average Bonchev–Trinajstić information content (AvgIpc) is 2.05. The molecule has 0 N–H and O–H groups in total. The smallest absolute Gasteiger partial charge is 0.0317 e. The summed E-state index contributed by atoms with van der Waals surface area (Å²) in [5.74, 6) is 0. The number of nitrogens with zero attached hydrogens (tertiary/aromatic N) is 1. The molecule has 0 heterocycles. The third-order valence-corrected chi connectivity index (χ3v) is 1.94. The molecule has 0 saturated carbocycles. The SMILES string of the molecule is [CH2]N(C)C(C)c1ccccc1. The predicted molar refractivity (Wildman–Crippen MR) is 48.0 cm³/mol. The van der Waals surface area contributed by atoms with Gasteiger partial charge in [-0.25, -0.2) is 0 Å². The summed E-state index contributed by atoms with van der Waals surface area (Å²) in [6, 6.07) is 10.8. The maximum absolute atomic E-state index is 3.85. The standard InChI is InChI=1S/C10H14N/c1-9(11(2)3)10-7-5-4-6-8-10/h4-9H,2H2,1,3H3. The van der Waals surface area contributed by atoms with Crippen LogP contribution in [-0.2, 0) is 0 Å². The maximum atomic E-state index is 3.85. The highest BCUT2D eigenvalue weighted by Crippen LogP contribution is 2.16. The van der Waals surface area contributed by atoms with Gasteiger partial charge in [0.25, 0.3) is 0 Å². The maximum Gasteiger partial charge on any atom is 0.0317 e. The molecule has 0 fully saturated rings. The minimum absolute atomic E-state index is 0.399. The van der Waals surface area contributed by atoms with Gasteiger partial charge in [-0.05, 0) is 19.5 Å². The van der Waals surface area contributed by atoms with Crippen LogP contribution in [0.25, 0.3) is 0 Å². The monoisotopic (exact) mass is 148 g/mol. The van der Waals surface area contributed by atoms with Crippen molar-refractivity contribution in [1.29, 1.82) is 0 Å². The van der Waals surface area contributed by atoms with E-state index in [0.717, 1.165) is 0 Å². The fourth-order valence-corrected chi connectivity index (χ4v) is 0.986. The zero-order chi connectivity index (χ0) is 8.27. The van der Waals surface area contributed by atoms with Crippen LogP contribution in [0.5, 0.6) is 0 Å². The molecule has 0 aliphatic heterocycles. The second-order valence-corrected chi connectivity index (χ2v) is 2.84. The van der Waals surface area contributed by atoms with Crippen molar-refractivity contribution in [2.24, 2.45) is 0 Å². The topological polar surface area (TPSA) is 3.24 Å². The molecule has 0 saturated heterocycles. The van der Waals surface area contributed by atoms with Crippen LogP contribution < -0.4 is 0 Å². The molecule has 1 atom stereocenters. The van der Waals surface area contributed by atoms with E-state index in [2.05, 4.69) is 38.2 Å². The second-order valence-electron chi connectivity index (χ2n) is 2.84. The fraction of sp³-hybridized carbons (Fsp3) is 0.300. The van der Waals surface area contributed by atoms with Crippen molar-refractivity contribution in [2.45, 2.75) is 13.0 Å². The van der Waals surface area contributed by atoms with Gasteiger partial charge in [-0.1, -0.05) is 30.3 Å². The van der Waals surface area contributed by atoms with Crippen LogP contribution in [0.2, 0.25) is 0 Å². The van der Waals surface area contributed by atoms with E-state index < -0.39 is 0 Å². The van der Waals surface area contributed by atoms with Gasteiger partial charge < -0.3 is 0 Å². The lowest BCUT2D eigenvalue weighted by molar-refractivity contribution is 0.356. The molecule has 0 aromatic heterocycles. The number of hydrogen-bond donors (Lipinski definition) is 0. The van der Waals surface area contributed by atoms with Crippen molar-refractivity contribution in [3.63, 3.8) is 0 Å². The minimum atomic E-state index is 0.399. The van der Waals surface area contributed by atoms with Gasteiger partial charge in [-0.3, -0.25) is 4.90 Å². The summed E-state index contributed by atoms with van der Waals surface area (Å²) < 4.78 is 0. The summed E-state index contributed by atoms with van der Waals surface area (Å²) in [4.78, 5) is 1.95. The minimum Gasteiger partial charge on any atom is -0.298 e. The lowest BCUT2D eigenvalue weighted by atomic mass is 10.1. The molecule has 0 amide bonds. The van der Waals surface area contributed by atoms with E-state index in [1.807, 2.05) is 18.0 Å². The Kier molecular flexibility index (Phi) is 2.66. The first kappa shape index (κ1) is 8.28. The molecule has 59 valence electrons. The molecule has 11 heavy (non-hydrogen) atoms. The largest absolute Gasteiger partial charge is 0.298 e. The van der Waals surface area contributed by atoms with Crippen molar-refractivity contribution >= 4 is 0 Å². The first-order valence-electron chi connectivity index (χ1n) is 3.80. The first-order chi connectivity index (χ1) is 5.22. The second kappa shape index (κ2) is 3.54. The molecule has 1 unspecified atom stereocenters. The van der Waals surface area contributed by atoms with Crippen LogP contribution in [0.4, 0.5) is 0 Å². The van der Waals surface area contributed by atoms with E-state index in [-0.39, 0.29) is 0 Å². The van der Waals surface area contributed by atoms with Crippen molar-refractivity contribution < 1.29 is 0 Å². The summed E-state index contributed by atoms with van der Waals surface area (Å²) in [6.45, 7) is 2.14. The Morgan fingerprint density at radius 3 is 2.27 bits per heavy atom. The van der Waals surface area contributed by atoms with Crippen molar-refractivity contribution in [1.82, 2.24) is 4.90 Å². The van der Waals surface area contributed by atoms with Crippen LogP contribution in [0.1, 0.15) is 18.5 Å². The Hall–Kier alpha value is -0.820. The first-order valence-corrected chi connectivity index (χ1v) is 3.80. The highest BCUT2D eigenvalue weighted by atomic mass is 15.1. The average molecular weight is 148 g/mol. The van der Waals surface area contributed by atoms with Crippen LogP contribution >= 0.6 is 0 Å². The van der Waals surface area contributed by atoms with Gasteiger partial charge in [-0.15, -0.1) is 0 Å². The molecule has 1 radical (unpaired) electrons. The van der Waals surface area contributed by atoms with Gasteiger partial charge in [0.15, 0.2) is 0 Å². The zero-order valence-corrected chi connectivity index (χ0v) is 7.12. The number of hydrogen-bond acceptors (Lipinski definition) is 1. The molecule has 1 rings (SSSR count). The molecule has 1 heteroatoms. The summed E-state index contributed by atoms with van der Waals surface area (Å²) in [7, 11) is 5.83. The highest BCUT2D eigenvalue weighted by Gasteiger charge is 2.05. The van der Waals surface area contributed by atoms with E-state index in [0.29, 0.717) is 6.04 Å². The lowest BCUT2D eigenvalue weighted by Gasteiger charge is -2.19. The molecule has 0 spiro atoms. The van der Waals surface area contributed by atoms with Crippen LogP contribution in [0.3, 0.4) is 0 Å². The Morgan fingerprint density at radius 1 is 1.27 bits per heavy atom. The number of benzene rings is 1. The Labute approximate surface area is 68.7 Å². The van der Waals surface area contributed by atoms with E-state index in [1.165, 1.54) is 5.56 Å². The van der Waals surface area contributed by atoms with Crippen molar-refractivity contribution in [3.05, 3.63) is 42.9 Å². The van der Waals surface area contributed by atoms with Gasteiger partial charge in [0, 0.05) is 13.1 Å². The van der Waals surface area contributed by atoms with Gasteiger partial charge >= 0.3 is 0 Å². The van der Waals surface area contributed by atoms with Gasteiger partial charge in [0.05, 0.1) is 0 Å². The van der Waals surface area contributed by atoms with E-state index in [9.17, 15) is 0 Å². The van der Waals surface area contributed by atoms with Gasteiger partial charge in [0.2, 0.25) is 0 Å². The Balaban J connectivity index is 2.77. The molecule has 0 bridgehead atoms. The molecular formula is C10H14N. The third-order valence-electron chi connectivity index (χ3n) is 1.94. The molecule has 1 aromatic rings. The van der Waals surface area contributed by atoms with Gasteiger partial charge in [0.1, 0.15) is 0 Å². The van der Waals surface area contributed by atoms with Crippen molar-refractivity contribution in [3.8, 4) is 0 Å². The van der Waals surface area contributed by atoms with Crippen LogP contribution in [0.15, 0.2) is 30.3 Å². The van der Waals surface area contributed by atoms with E-state index >= 15 is 0 Å². The quantitative estimate of drug-likeness (QED) is 0.622. The highest BCUT2D eigenvalue weighted by molar-refractivity contribution is 5.18. The van der Waals surface area contributed by atoms with Crippen molar-refractivity contribution in [2.75, 3.05) is 7.05 Å². The van der Waals surface area contributed by atoms with E-state index in [4.69, 9.17) is 0 Å². The molecule has 0 aliphatic rings. The number of rotatable bonds is 2. The molecular weight excluding hydrogens is 134 g/mol. The van der Waals surface area contributed by atoms with Crippen LogP contribution in [-0.4, -0.2) is 11.9 Å². The summed E-state index contributed by atoms with van der Waals surface area (Å²) in [5.41, 5.74) is 1.31. The molecule has 0 aliphatic carbocycles. The lowest BCUT2D eigenvalue weighted by Crippen LogP contribution is -2.13. The normalized spacial score (nSPS) is 13.5. The molecule has 1 aromatic carbocycles. The molecule has 1 nitrogen and oxygen atoms in total. The van der Waals surface area contributed by atoms with E-state index in [1.54, 1.807) is 0 Å². The zero-order valence-electron chi connectivity index (χ0n) is 7.12. The third kappa shape index (κ3) is 2.05. The van der Waals surface area contributed by atoms with Gasteiger partial charge in [-0.2, -0.15) is 0 Å². The Morgan fingerprint density at radius 2 is 1.82 bits per heavy atom. The van der Waals surface area contributed by atoms with Crippen LogP contribution in [0, 0.1) is 7.05 Å². The predicted octanol–water partition coefficient (Wildman–Crippen LogP) is 2.47. The fourth-order valence-electron chi connectivity index (χ4n) is 0.986. The Bertz CT molecular complexity index is 203. The summed E-state index contributed by atoms with van der Waals surface area (Å²) in [6.07, 6.45) is 0. The summed E-state index contributed by atoms with van der Waals surface area (Å²) in [5, 5.41) is 0. The summed E-state index contributed by atoms with van der Waals surface area (Å²) >= 11 is 0.